The lowest BCUT2D eigenvalue weighted by Crippen LogP contribution is -2.49. The van der Waals surface area contributed by atoms with Crippen LogP contribution in [-0.4, -0.2) is 84.3 Å². The molecular formula is C41H54ClN5O7S. The summed E-state index contributed by atoms with van der Waals surface area (Å²) in [5.41, 5.74) is 3.26. The molecule has 1 saturated carbocycles. The molecule has 298 valence electrons. The van der Waals surface area contributed by atoms with Crippen molar-refractivity contribution in [3.63, 3.8) is 0 Å². The number of carbonyl (C=O) groups excluding carboxylic acids is 2. The highest BCUT2D eigenvalue weighted by molar-refractivity contribution is 7.92. The molecule has 1 unspecified atom stereocenters. The molecule has 1 spiro atoms. The Kier molecular flexibility index (Phi) is 12.6. The van der Waals surface area contributed by atoms with Gasteiger partial charge < -0.3 is 23.8 Å². The molecule has 1 fully saturated rings. The molecule has 0 saturated heterocycles. The average Bonchev–Trinajstić information content (AvgIpc) is 3.47. The van der Waals surface area contributed by atoms with E-state index in [1.807, 2.05) is 32.9 Å². The number of fused-ring (bicyclic) bond motifs is 3. The van der Waals surface area contributed by atoms with Crippen LogP contribution in [0.5, 0.6) is 11.6 Å². The standard InChI is InChI=1S/C41H54ClN5O7S/c1-8-36(51-6)32-15-12-30(32)21-47-24-41(18-10-11-28-19-31(42)14-16-34(28)41)25-54-37-17-13-29(20-35(37)47)38(48)44-55(50,23-26(3)27(4)53-9-2)45-39(49)33-22-46(5)43-40(33)52-7/h8,13-14,16-17,19-20,22,26-27,30,32,36H,1,9-12,15,18,21,23-25H2,2-7H3,(H,44,45,48,49,50)/t26-,27+,30+,32-,36+,41+,55?/m1/s1. The highest BCUT2D eigenvalue weighted by Gasteiger charge is 2.44. The number of aromatic nitrogens is 2. The van der Waals surface area contributed by atoms with Crippen LogP contribution in [0.3, 0.4) is 0 Å². The van der Waals surface area contributed by atoms with Crippen LogP contribution in [0.1, 0.15) is 78.3 Å². The van der Waals surface area contributed by atoms with Crippen molar-refractivity contribution in [2.45, 2.75) is 70.5 Å². The molecule has 7 atom stereocenters. The van der Waals surface area contributed by atoms with E-state index < -0.39 is 21.7 Å². The van der Waals surface area contributed by atoms with Crippen molar-refractivity contribution in [3.8, 4) is 11.6 Å². The lowest BCUT2D eigenvalue weighted by molar-refractivity contribution is 0.0135. The van der Waals surface area contributed by atoms with Gasteiger partial charge in [-0.05, 0) is 105 Å². The predicted octanol–water partition coefficient (Wildman–Crippen LogP) is 6.80. The third-order valence-corrected chi connectivity index (χ3v) is 13.8. The smallest absolute Gasteiger partial charge is 0.286 e. The maximum Gasteiger partial charge on any atom is 0.286 e. The fourth-order valence-corrected chi connectivity index (χ4v) is 10.6. The number of halogens is 1. The first-order valence-corrected chi connectivity index (χ1v) is 21.1. The average molecular weight is 796 g/mol. The lowest BCUT2D eigenvalue weighted by Gasteiger charge is -2.46. The van der Waals surface area contributed by atoms with Crippen molar-refractivity contribution in [1.29, 1.82) is 0 Å². The second-order valence-corrected chi connectivity index (χ2v) is 17.7. The minimum atomic E-state index is -3.68. The van der Waals surface area contributed by atoms with Gasteiger partial charge in [0.15, 0.2) is 0 Å². The molecule has 2 aromatic carbocycles. The highest BCUT2D eigenvalue weighted by Crippen LogP contribution is 2.47. The molecule has 1 aromatic heterocycles. The maximum absolute atomic E-state index is 14.7. The zero-order chi connectivity index (χ0) is 39.5. The van der Waals surface area contributed by atoms with E-state index in [1.165, 1.54) is 29.1 Å². The lowest BCUT2D eigenvalue weighted by atomic mass is 9.68. The van der Waals surface area contributed by atoms with Crippen LogP contribution in [0.25, 0.3) is 0 Å². The molecule has 0 bridgehead atoms. The molecule has 2 heterocycles. The Labute approximate surface area is 330 Å². The third-order valence-electron chi connectivity index (χ3n) is 11.6. The Morgan fingerprint density at radius 3 is 2.71 bits per heavy atom. The molecule has 1 aliphatic heterocycles. The second-order valence-electron chi connectivity index (χ2n) is 15.2. The maximum atomic E-state index is 14.7. The molecule has 12 nitrogen and oxygen atoms in total. The van der Waals surface area contributed by atoms with Crippen molar-refractivity contribution in [2.24, 2.45) is 29.2 Å². The predicted molar refractivity (Wildman–Crippen MR) is 215 cm³/mol. The summed E-state index contributed by atoms with van der Waals surface area (Å²) in [5.74, 6) is -0.495. The molecule has 55 heavy (non-hydrogen) atoms. The molecule has 3 aliphatic rings. The number of hydrogen-bond donors (Lipinski definition) is 1. The quantitative estimate of drug-likeness (QED) is 0.175. The van der Waals surface area contributed by atoms with Gasteiger partial charge in [0.05, 0.1) is 37.4 Å². The van der Waals surface area contributed by atoms with Crippen molar-refractivity contribution < 1.29 is 32.7 Å². The van der Waals surface area contributed by atoms with Crippen molar-refractivity contribution >= 4 is 39.0 Å². The minimum Gasteiger partial charge on any atom is -0.490 e. The van der Waals surface area contributed by atoms with E-state index >= 15 is 0 Å². The number of hydrogen-bond acceptors (Lipinski definition) is 9. The van der Waals surface area contributed by atoms with Crippen LogP contribution in [0.4, 0.5) is 5.69 Å². The van der Waals surface area contributed by atoms with E-state index in [1.54, 1.807) is 32.4 Å². The van der Waals surface area contributed by atoms with Crippen LogP contribution in [0, 0.1) is 17.8 Å². The zero-order valence-electron chi connectivity index (χ0n) is 32.7. The van der Waals surface area contributed by atoms with Crippen molar-refractivity contribution in [3.05, 3.63) is 82.5 Å². The first-order valence-electron chi connectivity index (χ1n) is 19.1. The number of methoxy groups -OCH3 is 2. The van der Waals surface area contributed by atoms with Gasteiger partial charge in [-0.15, -0.1) is 16.0 Å². The number of nitrogens with zero attached hydrogens (tertiary/aromatic N) is 4. The third kappa shape index (κ3) is 8.75. The summed E-state index contributed by atoms with van der Waals surface area (Å²) in [6, 6.07) is 11.4. The van der Waals surface area contributed by atoms with E-state index in [9.17, 15) is 13.8 Å². The molecule has 1 N–H and O–H groups in total. The molecule has 0 radical (unpaired) electrons. The SMILES string of the molecule is C=C[C@H](OC)[C@@H]1CC[C@H]1CN1C[C@@]2(CCCc3cc(Cl)ccc32)COc2ccc(C(=O)N=S(=O)(C[C@@H](C)[C@H](C)OCC)NC(=O)c3cn(C)nc3OC)cc21. The van der Waals surface area contributed by atoms with Crippen molar-refractivity contribution in [2.75, 3.05) is 51.2 Å². The van der Waals surface area contributed by atoms with Crippen LogP contribution < -0.4 is 19.1 Å². The van der Waals surface area contributed by atoms with Gasteiger partial charge in [0.1, 0.15) is 21.2 Å². The zero-order valence-corrected chi connectivity index (χ0v) is 34.3. The van der Waals surface area contributed by atoms with Crippen LogP contribution in [0.2, 0.25) is 5.02 Å². The summed E-state index contributed by atoms with van der Waals surface area (Å²) in [5, 5.41) is 4.87. The second kappa shape index (κ2) is 17.1. The van der Waals surface area contributed by atoms with Gasteiger partial charge in [-0.1, -0.05) is 30.7 Å². The molecule has 6 rings (SSSR count). The van der Waals surface area contributed by atoms with E-state index in [0.29, 0.717) is 37.3 Å². The summed E-state index contributed by atoms with van der Waals surface area (Å²) in [7, 11) is 1.09. The van der Waals surface area contributed by atoms with Gasteiger partial charge >= 0.3 is 0 Å². The Hall–Kier alpha value is -3.91. The first kappa shape index (κ1) is 40.7. The molecule has 2 amide bonds. The first-order chi connectivity index (χ1) is 26.3. The largest absolute Gasteiger partial charge is 0.490 e. The van der Waals surface area contributed by atoms with Gasteiger partial charge in [0.25, 0.3) is 11.8 Å². The number of rotatable bonds is 14. The normalized spacial score (nSPS) is 23.1. The summed E-state index contributed by atoms with van der Waals surface area (Å²) in [4.78, 5) is 30.1. The number of anilines is 1. The van der Waals surface area contributed by atoms with Gasteiger partial charge in [0.2, 0.25) is 5.88 Å². The summed E-state index contributed by atoms with van der Waals surface area (Å²) < 4.78 is 46.5. The Morgan fingerprint density at radius 1 is 1.22 bits per heavy atom. The van der Waals surface area contributed by atoms with Gasteiger partial charge in [-0.2, -0.15) is 0 Å². The van der Waals surface area contributed by atoms with Crippen molar-refractivity contribution in [1.82, 2.24) is 14.5 Å². The molecule has 14 heteroatoms. The van der Waals surface area contributed by atoms with E-state index in [4.69, 9.17) is 30.5 Å². The Balaban J connectivity index is 1.38. The van der Waals surface area contributed by atoms with Gasteiger partial charge in [-0.3, -0.25) is 19.0 Å². The molecular weight excluding hydrogens is 742 g/mol. The van der Waals surface area contributed by atoms with Gasteiger partial charge in [0, 0.05) is 56.1 Å². The number of ether oxygens (including phenoxy) is 4. The summed E-state index contributed by atoms with van der Waals surface area (Å²) in [6.07, 6.45) is 7.97. The fourth-order valence-electron chi connectivity index (χ4n) is 8.41. The molecule has 3 aromatic rings. The summed E-state index contributed by atoms with van der Waals surface area (Å²) >= 11 is 6.47. The van der Waals surface area contributed by atoms with E-state index in [2.05, 4.69) is 37.8 Å². The Morgan fingerprint density at radius 2 is 2.02 bits per heavy atom. The topological polar surface area (TPSA) is 134 Å². The van der Waals surface area contributed by atoms with Crippen LogP contribution >= 0.6 is 11.6 Å². The minimum absolute atomic E-state index is 0.0532. The monoisotopic (exact) mass is 795 g/mol. The highest BCUT2D eigenvalue weighted by atomic mass is 35.5. The van der Waals surface area contributed by atoms with Crippen LogP contribution in [0.15, 0.2) is 59.6 Å². The number of benzene rings is 2. The van der Waals surface area contributed by atoms with E-state index in [0.717, 1.165) is 49.4 Å². The number of nitrogens with one attached hydrogen (secondary N) is 1. The van der Waals surface area contributed by atoms with E-state index in [-0.39, 0.29) is 46.3 Å². The van der Waals surface area contributed by atoms with Crippen LogP contribution in [-0.2, 0) is 38.3 Å². The van der Waals surface area contributed by atoms with Gasteiger partial charge in [-0.25, -0.2) is 4.21 Å². The number of carbonyl (C=O) groups is 2. The fraction of sp³-hybridized carbons (Fsp3) is 0.537. The Bertz CT molecular complexity index is 2030. The summed E-state index contributed by atoms with van der Waals surface area (Å²) in [6.45, 7) is 11.9. The number of aryl methyl sites for hydroxylation is 2. The molecule has 2 aliphatic carbocycles. The number of amides is 2.